The first-order valence-corrected chi connectivity index (χ1v) is 7.56. The van der Waals surface area contributed by atoms with E-state index in [0.717, 1.165) is 4.90 Å². The summed E-state index contributed by atoms with van der Waals surface area (Å²) in [4.78, 5) is 36.7. The molecule has 6 heteroatoms. The number of ketones is 1. The van der Waals surface area contributed by atoms with Gasteiger partial charge in [0.05, 0.1) is 0 Å². The molecule has 3 rings (SSSR count). The number of carbonyl (C=O) groups is 3. The van der Waals surface area contributed by atoms with Gasteiger partial charge >= 0.3 is 6.03 Å². The van der Waals surface area contributed by atoms with Crippen molar-refractivity contribution >= 4 is 17.7 Å². The Labute approximate surface area is 139 Å². The van der Waals surface area contributed by atoms with Crippen LogP contribution in [0, 0.1) is 0 Å². The van der Waals surface area contributed by atoms with Crippen molar-refractivity contribution in [3.8, 4) is 5.75 Å². The van der Waals surface area contributed by atoms with Crippen molar-refractivity contribution in [2.75, 3.05) is 19.7 Å². The highest BCUT2D eigenvalue weighted by molar-refractivity contribution is 6.09. The Morgan fingerprint density at radius 2 is 1.67 bits per heavy atom. The SMILES string of the molecule is O=C(c1ccccc1)c1ccc(OCC(=O)N2CCNC2=O)cc1. The molecule has 24 heavy (non-hydrogen) atoms. The summed E-state index contributed by atoms with van der Waals surface area (Å²) >= 11 is 0. The number of hydrogen-bond donors (Lipinski definition) is 1. The van der Waals surface area contributed by atoms with Crippen molar-refractivity contribution in [2.24, 2.45) is 0 Å². The van der Waals surface area contributed by atoms with Crippen molar-refractivity contribution in [3.63, 3.8) is 0 Å². The molecule has 122 valence electrons. The lowest BCUT2D eigenvalue weighted by Crippen LogP contribution is -2.37. The van der Waals surface area contributed by atoms with Crippen LogP contribution < -0.4 is 10.1 Å². The van der Waals surface area contributed by atoms with Crippen LogP contribution in [-0.4, -0.2) is 42.3 Å². The lowest BCUT2D eigenvalue weighted by atomic mass is 10.0. The van der Waals surface area contributed by atoms with E-state index in [2.05, 4.69) is 5.32 Å². The van der Waals surface area contributed by atoms with E-state index < -0.39 is 11.9 Å². The lowest BCUT2D eigenvalue weighted by Gasteiger charge is -2.13. The van der Waals surface area contributed by atoms with Crippen LogP contribution in [0.15, 0.2) is 54.6 Å². The van der Waals surface area contributed by atoms with Gasteiger partial charge in [-0.2, -0.15) is 0 Å². The predicted molar refractivity (Wildman–Crippen MR) is 86.9 cm³/mol. The quantitative estimate of drug-likeness (QED) is 0.852. The number of carbonyl (C=O) groups excluding carboxylic acids is 3. The number of imide groups is 1. The van der Waals surface area contributed by atoms with Crippen LogP contribution in [0.5, 0.6) is 5.75 Å². The average molecular weight is 324 g/mol. The molecule has 0 spiro atoms. The third-order valence-electron chi connectivity index (χ3n) is 3.67. The minimum atomic E-state index is -0.396. The largest absolute Gasteiger partial charge is 0.484 e. The normalized spacial score (nSPS) is 13.5. The highest BCUT2D eigenvalue weighted by Crippen LogP contribution is 2.15. The number of benzene rings is 2. The van der Waals surface area contributed by atoms with Gasteiger partial charge in [-0.05, 0) is 24.3 Å². The van der Waals surface area contributed by atoms with Crippen molar-refractivity contribution in [1.29, 1.82) is 0 Å². The second-order valence-electron chi connectivity index (χ2n) is 5.29. The van der Waals surface area contributed by atoms with E-state index in [1.807, 2.05) is 18.2 Å². The summed E-state index contributed by atoms with van der Waals surface area (Å²) in [5.41, 5.74) is 1.15. The van der Waals surface area contributed by atoms with Gasteiger partial charge in [-0.1, -0.05) is 30.3 Å². The maximum atomic E-state index is 12.3. The molecule has 1 aliphatic rings. The highest BCUT2D eigenvalue weighted by Gasteiger charge is 2.26. The van der Waals surface area contributed by atoms with E-state index in [1.54, 1.807) is 36.4 Å². The molecule has 1 heterocycles. The Bertz CT molecular complexity index is 756. The number of nitrogens with zero attached hydrogens (tertiary/aromatic N) is 1. The van der Waals surface area contributed by atoms with E-state index in [1.165, 1.54) is 0 Å². The molecule has 2 aromatic carbocycles. The summed E-state index contributed by atoms with van der Waals surface area (Å²) in [6.07, 6.45) is 0. The molecule has 1 fully saturated rings. The van der Waals surface area contributed by atoms with E-state index in [4.69, 9.17) is 4.74 Å². The molecule has 1 saturated heterocycles. The van der Waals surface area contributed by atoms with Gasteiger partial charge in [-0.15, -0.1) is 0 Å². The molecular weight excluding hydrogens is 308 g/mol. The molecule has 1 N–H and O–H groups in total. The van der Waals surface area contributed by atoms with E-state index in [9.17, 15) is 14.4 Å². The predicted octanol–water partition coefficient (Wildman–Crippen LogP) is 1.85. The minimum absolute atomic E-state index is 0.0769. The van der Waals surface area contributed by atoms with Gasteiger partial charge < -0.3 is 10.1 Å². The fourth-order valence-corrected chi connectivity index (χ4v) is 2.39. The summed E-state index contributed by atoms with van der Waals surface area (Å²) in [5, 5.41) is 2.56. The molecule has 0 radical (unpaired) electrons. The number of urea groups is 1. The molecule has 1 aliphatic heterocycles. The van der Waals surface area contributed by atoms with Gasteiger partial charge in [0, 0.05) is 24.2 Å². The van der Waals surface area contributed by atoms with Crippen molar-refractivity contribution in [1.82, 2.24) is 10.2 Å². The summed E-state index contributed by atoms with van der Waals surface area (Å²) < 4.78 is 5.39. The van der Waals surface area contributed by atoms with Crippen LogP contribution >= 0.6 is 0 Å². The summed E-state index contributed by atoms with van der Waals surface area (Å²) in [7, 11) is 0. The maximum absolute atomic E-state index is 12.3. The Balaban J connectivity index is 1.60. The van der Waals surface area contributed by atoms with Crippen LogP contribution in [0.3, 0.4) is 0 Å². The second-order valence-corrected chi connectivity index (χ2v) is 5.29. The second kappa shape index (κ2) is 6.95. The zero-order valence-corrected chi connectivity index (χ0v) is 12.9. The fourth-order valence-electron chi connectivity index (χ4n) is 2.39. The molecule has 0 unspecified atom stereocenters. The fraction of sp³-hybridized carbons (Fsp3) is 0.167. The van der Waals surface area contributed by atoms with Crippen LogP contribution in [0.1, 0.15) is 15.9 Å². The summed E-state index contributed by atoms with van der Waals surface area (Å²) in [6, 6.07) is 15.2. The standard InChI is InChI=1S/C18H16N2O4/c21-16(20-11-10-19-18(20)23)12-24-15-8-6-14(7-9-15)17(22)13-4-2-1-3-5-13/h1-9H,10-12H2,(H,19,23). The molecule has 0 aromatic heterocycles. The molecule has 0 atom stereocenters. The van der Waals surface area contributed by atoms with Crippen LogP contribution in [-0.2, 0) is 4.79 Å². The van der Waals surface area contributed by atoms with E-state index in [0.29, 0.717) is 30.0 Å². The van der Waals surface area contributed by atoms with Crippen LogP contribution in [0.25, 0.3) is 0 Å². The third kappa shape index (κ3) is 3.43. The summed E-state index contributed by atoms with van der Waals surface area (Å²) in [6.45, 7) is 0.589. The maximum Gasteiger partial charge on any atom is 0.324 e. The number of rotatable bonds is 5. The Kier molecular flexibility index (Phi) is 4.56. The van der Waals surface area contributed by atoms with Gasteiger partial charge in [0.15, 0.2) is 12.4 Å². The first kappa shape index (κ1) is 15.7. The van der Waals surface area contributed by atoms with Crippen LogP contribution in [0.2, 0.25) is 0 Å². The number of amides is 3. The zero-order chi connectivity index (χ0) is 16.9. The van der Waals surface area contributed by atoms with E-state index >= 15 is 0 Å². The molecule has 0 aliphatic carbocycles. The van der Waals surface area contributed by atoms with Crippen molar-refractivity contribution in [3.05, 3.63) is 65.7 Å². The first-order valence-electron chi connectivity index (χ1n) is 7.56. The number of hydrogen-bond acceptors (Lipinski definition) is 4. The van der Waals surface area contributed by atoms with Crippen molar-refractivity contribution in [2.45, 2.75) is 0 Å². The molecular formula is C18H16N2O4. The van der Waals surface area contributed by atoms with Gasteiger partial charge in [0.25, 0.3) is 5.91 Å². The van der Waals surface area contributed by atoms with Gasteiger partial charge in [0.1, 0.15) is 5.75 Å². The lowest BCUT2D eigenvalue weighted by molar-refractivity contribution is -0.129. The Morgan fingerprint density at radius 3 is 2.29 bits per heavy atom. The topological polar surface area (TPSA) is 75.7 Å². The van der Waals surface area contributed by atoms with E-state index in [-0.39, 0.29) is 12.4 Å². The van der Waals surface area contributed by atoms with Crippen molar-refractivity contribution < 1.29 is 19.1 Å². The van der Waals surface area contributed by atoms with Gasteiger partial charge in [-0.3, -0.25) is 14.5 Å². The molecule has 0 saturated carbocycles. The van der Waals surface area contributed by atoms with Gasteiger partial charge in [-0.25, -0.2) is 4.79 Å². The summed E-state index contributed by atoms with van der Waals surface area (Å²) in [5.74, 6) is -0.00558. The van der Waals surface area contributed by atoms with Crippen LogP contribution in [0.4, 0.5) is 4.79 Å². The molecule has 0 bridgehead atoms. The van der Waals surface area contributed by atoms with Gasteiger partial charge in [0.2, 0.25) is 0 Å². The highest BCUT2D eigenvalue weighted by atomic mass is 16.5. The minimum Gasteiger partial charge on any atom is -0.484 e. The number of nitrogens with one attached hydrogen (secondary N) is 1. The first-order chi connectivity index (χ1) is 11.6. The molecule has 2 aromatic rings. The smallest absolute Gasteiger partial charge is 0.324 e. The Hall–Kier alpha value is -3.15. The Morgan fingerprint density at radius 1 is 1.00 bits per heavy atom. The monoisotopic (exact) mass is 324 g/mol. The average Bonchev–Trinajstić information content (AvgIpc) is 3.06. The molecule has 6 nitrogen and oxygen atoms in total. The third-order valence-corrected chi connectivity index (χ3v) is 3.67. The zero-order valence-electron chi connectivity index (χ0n) is 12.9. The number of ether oxygens (including phenoxy) is 1. The molecule has 3 amide bonds.